The fraction of sp³-hybridized carbons (Fsp3) is 1.00. The third kappa shape index (κ3) is 5.20. The van der Waals surface area contributed by atoms with Crippen LogP contribution in [0.5, 0.6) is 0 Å². The van der Waals surface area contributed by atoms with Gasteiger partial charge in [-0.05, 0) is 13.8 Å². The number of ether oxygens (including phenoxy) is 1. The Hall–Kier alpha value is 0.230. The summed E-state index contributed by atoms with van der Waals surface area (Å²) in [4.78, 5) is 2.49. The molecule has 1 saturated heterocycles. The summed E-state index contributed by atoms with van der Waals surface area (Å²) in [5.74, 6) is 2.51. The minimum Gasteiger partial charge on any atom is -0.383 e. The molecule has 1 atom stereocenters. The van der Waals surface area contributed by atoms with Gasteiger partial charge in [0.15, 0.2) is 0 Å². The van der Waals surface area contributed by atoms with Crippen molar-refractivity contribution in [2.75, 3.05) is 44.9 Å². The van der Waals surface area contributed by atoms with E-state index in [2.05, 4.69) is 35.8 Å². The van der Waals surface area contributed by atoms with Crippen molar-refractivity contribution >= 4 is 11.8 Å². The molecular weight excluding hydrogens is 208 g/mol. The Morgan fingerprint density at radius 2 is 2.33 bits per heavy atom. The fourth-order valence-electron chi connectivity index (χ4n) is 1.79. The van der Waals surface area contributed by atoms with Crippen LogP contribution in [0.15, 0.2) is 0 Å². The van der Waals surface area contributed by atoms with Crippen LogP contribution < -0.4 is 5.32 Å². The highest BCUT2D eigenvalue weighted by atomic mass is 32.2. The van der Waals surface area contributed by atoms with E-state index in [-0.39, 0.29) is 0 Å². The molecule has 0 amide bonds. The van der Waals surface area contributed by atoms with Gasteiger partial charge < -0.3 is 10.1 Å². The van der Waals surface area contributed by atoms with Gasteiger partial charge in [0.05, 0.1) is 6.61 Å². The maximum Gasteiger partial charge on any atom is 0.0589 e. The van der Waals surface area contributed by atoms with Crippen LogP contribution in [0.4, 0.5) is 0 Å². The third-order valence-corrected chi connectivity index (χ3v) is 3.90. The van der Waals surface area contributed by atoms with Crippen LogP contribution in [0.25, 0.3) is 0 Å². The number of thioether (sulfide) groups is 1. The summed E-state index contributed by atoms with van der Waals surface area (Å²) in [7, 11) is 1.77. The maximum atomic E-state index is 5.14. The van der Waals surface area contributed by atoms with E-state index in [9.17, 15) is 0 Å². The Bertz CT molecular complexity index is 161. The van der Waals surface area contributed by atoms with Crippen LogP contribution in [0.2, 0.25) is 0 Å². The van der Waals surface area contributed by atoms with E-state index in [0.29, 0.717) is 12.1 Å². The van der Waals surface area contributed by atoms with Gasteiger partial charge in [0.25, 0.3) is 0 Å². The molecule has 15 heavy (non-hydrogen) atoms. The van der Waals surface area contributed by atoms with E-state index in [1.807, 2.05) is 0 Å². The molecular formula is C11H24N2OS. The molecule has 1 unspecified atom stereocenters. The van der Waals surface area contributed by atoms with Crippen molar-refractivity contribution < 1.29 is 4.74 Å². The Morgan fingerprint density at radius 3 is 2.87 bits per heavy atom. The van der Waals surface area contributed by atoms with Gasteiger partial charge in [0, 0.05) is 50.3 Å². The molecule has 1 heterocycles. The number of rotatable bonds is 6. The molecule has 0 aliphatic carbocycles. The quantitative estimate of drug-likeness (QED) is 0.740. The molecule has 0 spiro atoms. The second-order valence-electron chi connectivity index (χ2n) is 4.31. The van der Waals surface area contributed by atoms with Crippen molar-refractivity contribution in [1.82, 2.24) is 10.2 Å². The van der Waals surface area contributed by atoms with Crippen LogP contribution >= 0.6 is 11.8 Å². The highest BCUT2D eigenvalue weighted by molar-refractivity contribution is 7.99. The van der Waals surface area contributed by atoms with E-state index in [1.54, 1.807) is 7.11 Å². The van der Waals surface area contributed by atoms with Gasteiger partial charge in [-0.15, -0.1) is 0 Å². The number of nitrogens with one attached hydrogen (secondary N) is 1. The molecule has 0 aromatic heterocycles. The van der Waals surface area contributed by atoms with Gasteiger partial charge in [0.1, 0.15) is 0 Å². The lowest BCUT2D eigenvalue weighted by molar-refractivity contribution is 0.123. The topological polar surface area (TPSA) is 24.5 Å². The molecule has 0 aromatic carbocycles. The molecule has 1 fully saturated rings. The summed E-state index contributed by atoms with van der Waals surface area (Å²) in [5.41, 5.74) is 0. The molecule has 0 aromatic rings. The summed E-state index contributed by atoms with van der Waals surface area (Å²) in [6, 6.07) is 1.26. The van der Waals surface area contributed by atoms with Crippen molar-refractivity contribution in [3.8, 4) is 0 Å². The van der Waals surface area contributed by atoms with Crippen LogP contribution in [0, 0.1) is 0 Å². The van der Waals surface area contributed by atoms with Crippen LogP contribution in [-0.4, -0.2) is 61.8 Å². The van der Waals surface area contributed by atoms with Crippen molar-refractivity contribution in [1.29, 1.82) is 0 Å². The summed E-state index contributed by atoms with van der Waals surface area (Å²) >= 11 is 2.06. The molecule has 1 rings (SSSR count). The highest BCUT2D eigenvalue weighted by Gasteiger charge is 2.18. The van der Waals surface area contributed by atoms with Crippen LogP contribution in [0.1, 0.15) is 13.8 Å². The molecule has 4 heteroatoms. The molecule has 90 valence electrons. The first-order valence-electron chi connectivity index (χ1n) is 5.78. The smallest absolute Gasteiger partial charge is 0.0589 e. The second-order valence-corrected chi connectivity index (χ2v) is 5.46. The Morgan fingerprint density at radius 1 is 1.53 bits per heavy atom. The highest BCUT2D eigenvalue weighted by Crippen LogP contribution is 2.10. The van der Waals surface area contributed by atoms with E-state index in [1.165, 1.54) is 11.5 Å². The van der Waals surface area contributed by atoms with Crippen molar-refractivity contribution in [2.45, 2.75) is 25.9 Å². The Labute approximate surface area is 97.9 Å². The van der Waals surface area contributed by atoms with Gasteiger partial charge in [-0.1, -0.05) is 0 Å². The molecule has 0 saturated carbocycles. The van der Waals surface area contributed by atoms with Gasteiger partial charge in [0.2, 0.25) is 0 Å². The maximum absolute atomic E-state index is 5.14. The second kappa shape index (κ2) is 7.49. The average Bonchev–Trinajstić information content (AvgIpc) is 2.25. The number of hydrogen-bond donors (Lipinski definition) is 1. The predicted octanol–water partition coefficient (Wildman–Crippen LogP) is 1.05. The molecule has 3 nitrogen and oxygen atoms in total. The van der Waals surface area contributed by atoms with Crippen LogP contribution in [-0.2, 0) is 4.74 Å². The summed E-state index contributed by atoms with van der Waals surface area (Å²) in [6.07, 6.45) is 0. The summed E-state index contributed by atoms with van der Waals surface area (Å²) < 4.78 is 5.14. The zero-order chi connectivity index (χ0) is 11.1. The van der Waals surface area contributed by atoms with Gasteiger partial charge in [-0.25, -0.2) is 0 Å². The van der Waals surface area contributed by atoms with Crippen LogP contribution in [0.3, 0.4) is 0 Å². The largest absolute Gasteiger partial charge is 0.383 e. The minimum atomic E-state index is 0.605. The van der Waals surface area contributed by atoms with Crippen molar-refractivity contribution in [3.05, 3.63) is 0 Å². The molecule has 1 aliphatic heterocycles. The zero-order valence-electron chi connectivity index (χ0n) is 10.2. The number of hydrogen-bond acceptors (Lipinski definition) is 4. The lowest BCUT2D eigenvalue weighted by Gasteiger charge is -2.32. The zero-order valence-corrected chi connectivity index (χ0v) is 11.0. The average molecular weight is 232 g/mol. The lowest BCUT2D eigenvalue weighted by atomic mass is 10.2. The van der Waals surface area contributed by atoms with Crippen molar-refractivity contribution in [2.24, 2.45) is 0 Å². The number of methoxy groups -OCH3 is 1. The van der Waals surface area contributed by atoms with E-state index < -0.39 is 0 Å². The molecule has 0 radical (unpaired) electrons. The molecule has 0 bridgehead atoms. The number of nitrogens with zero attached hydrogens (tertiary/aromatic N) is 1. The standard InChI is InChI=1S/C11H24N2OS/c1-10(2)13(5-6-14-3)8-11-9-15-7-4-12-11/h10-12H,4-9H2,1-3H3. The lowest BCUT2D eigenvalue weighted by Crippen LogP contribution is -2.48. The normalized spacial score (nSPS) is 22.6. The van der Waals surface area contributed by atoms with E-state index in [4.69, 9.17) is 4.74 Å². The minimum absolute atomic E-state index is 0.605. The van der Waals surface area contributed by atoms with Gasteiger partial charge in [-0.2, -0.15) is 11.8 Å². The van der Waals surface area contributed by atoms with E-state index >= 15 is 0 Å². The molecule has 1 aliphatic rings. The summed E-state index contributed by atoms with van der Waals surface area (Å²) in [5, 5.41) is 3.58. The van der Waals surface area contributed by atoms with Crippen molar-refractivity contribution in [3.63, 3.8) is 0 Å². The summed E-state index contributed by atoms with van der Waals surface area (Å²) in [6.45, 7) is 8.69. The fourth-order valence-corrected chi connectivity index (χ4v) is 2.73. The SMILES string of the molecule is COCCN(CC1CSCCN1)C(C)C. The van der Waals surface area contributed by atoms with Gasteiger partial charge in [-0.3, -0.25) is 4.90 Å². The Kier molecular flexibility index (Phi) is 6.64. The Balaban J connectivity index is 2.28. The molecule has 1 N–H and O–H groups in total. The predicted molar refractivity (Wildman–Crippen MR) is 67.7 cm³/mol. The monoisotopic (exact) mass is 232 g/mol. The first kappa shape index (κ1) is 13.3. The third-order valence-electron chi connectivity index (χ3n) is 2.77. The van der Waals surface area contributed by atoms with E-state index in [0.717, 1.165) is 26.2 Å². The first-order chi connectivity index (χ1) is 7.24. The first-order valence-corrected chi connectivity index (χ1v) is 6.93. The van der Waals surface area contributed by atoms with Gasteiger partial charge >= 0.3 is 0 Å².